The topological polar surface area (TPSA) is 70.2 Å². The predicted molar refractivity (Wildman–Crippen MR) is 96.3 cm³/mol. The summed E-state index contributed by atoms with van der Waals surface area (Å²) in [6.45, 7) is 4.79. The molecule has 1 aliphatic heterocycles. The molecule has 1 fully saturated rings. The van der Waals surface area contributed by atoms with Gasteiger partial charge in [0.2, 0.25) is 5.91 Å². The van der Waals surface area contributed by atoms with Gasteiger partial charge in [0.15, 0.2) is 0 Å². The Kier molecular flexibility index (Phi) is 5.71. The molecule has 1 saturated heterocycles. The van der Waals surface area contributed by atoms with Crippen LogP contribution in [-0.4, -0.2) is 54.3 Å². The maximum Gasteiger partial charge on any atom is 0.226 e. The third-order valence-corrected chi connectivity index (χ3v) is 4.62. The number of hydrogen-bond donors (Lipinski definition) is 2. The molecule has 1 atom stereocenters. The smallest absolute Gasteiger partial charge is 0.226 e. The van der Waals surface area contributed by atoms with Gasteiger partial charge < -0.3 is 15.0 Å². The highest BCUT2D eigenvalue weighted by molar-refractivity contribution is 5.78. The second kappa shape index (κ2) is 8.16. The van der Waals surface area contributed by atoms with Gasteiger partial charge in [-0.05, 0) is 56.1 Å². The number of nitrogens with zero attached hydrogens (tertiary/aromatic N) is 2. The largest absolute Gasteiger partial charge is 0.492 e. The highest BCUT2D eigenvalue weighted by Gasteiger charge is 2.23. The quantitative estimate of drug-likeness (QED) is 0.843. The van der Waals surface area contributed by atoms with Crippen LogP contribution in [0.15, 0.2) is 24.4 Å². The first kappa shape index (κ1) is 17.5. The number of rotatable bonds is 6. The maximum atomic E-state index is 12.4. The number of piperidine rings is 1. The van der Waals surface area contributed by atoms with Gasteiger partial charge in [-0.3, -0.25) is 9.89 Å². The Labute approximate surface area is 148 Å². The lowest BCUT2D eigenvalue weighted by Crippen LogP contribution is -2.42. The predicted octanol–water partition coefficient (Wildman–Crippen LogP) is 2.02. The molecule has 6 heteroatoms. The molecule has 0 aliphatic carbocycles. The Hall–Kier alpha value is -2.34. The highest BCUT2D eigenvalue weighted by atomic mass is 16.5. The van der Waals surface area contributed by atoms with E-state index >= 15 is 0 Å². The molecule has 0 unspecified atom stereocenters. The standard InChI is InChI=1S/C19H25N4O2/c1-14-18(13-21-22-14)15-5-3-7-17(11-15)25-10-9-23(2)19(24)16-6-4-8-20-12-16/h5,7,11,13,16,20H,4,6,8-10,12H2,1-2H3,(H,21,22)/t16-/m1/s1. The van der Waals surface area contributed by atoms with Crippen LogP contribution in [0.25, 0.3) is 11.1 Å². The fraction of sp³-hybridized carbons (Fsp3) is 0.474. The van der Waals surface area contributed by atoms with Crippen LogP contribution in [0, 0.1) is 18.9 Å². The molecule has 0 saturated carbocycles. The summed E-state index contributed by atoms with van der Waals surface area (Å²) in [4.78, 5) is 14.2. The number of aryl methyl sites for hydroxylation is 1. The molecular formula is C19H25N4O2. The molecule has 1 radical (unpaired) electrons. The molecule has 2 aromatic rings. The molecule has 0 spiro atoms. The molecular weight excluding hydrogens is 316 g/mol. The number of hydrogen-bond acceptors (Lipinski definition) is 4. The van der Waals surface area contributed by atoms with E-state index in [9.17, 15) is 4.79 Å². The first-order valence-electron chi connectivity index (χ1n) is 8.75. The van der Waals surface area contributed by atoms with Crippen LogP contribution in [0.2, 0.25) is 0 Å². The van der Waals surface area contributed by atoms with Gasteiger partial charge in [0.05, 0.1) is 18.2 Å². The number of carbonyl (C=O) groups excluding carboxylic acids is 1. The monoisotopic (exact) mass is 341 g/mol. The van der Waals surface area contributed by atoms with Crippen molar-refractivity contribution in [2.75, 3.05) is 33.3 Å². The zero-order valence-electron chi connectivity index (χ0n) is 14.8. The molecule has 1 aliphatic rings. The van der Waals surface area contributed by atoms with E-state index in [0.29, 0.717) is 13.2 Å². The minimum absolute atomic E-state index is 0.0967. The average Bonchev–Trinajstić information content (AvgIpc) is 3.08. The Morgan fingerprint density at radius 3 is 3.08 bits per heavy atom. The van der Waals surface area contributed by atoms with Crippen LogP contribution < -0.4 is 10.1 Å². The van der Waals surface area contributed by atoms with Crippen LogP contribution in [0.1, 0.15) is 18.5 Å². The van der Waals surface area contributed by atoms with Crippen molar-refractivity contribution in [3.05, 3.63) is 36.2 Å². The molecule has 1 aromatic carbocycles. The van der Waals surface area contributed by atoms with Gasteiger partial charge in [-0.15, -0.1) is 0 Å². The normalized spacial score (nSPS) is 17.3. The van der Waals surface area contributed by atoms with Crippen molar-refractivity contribution in [3.63, 3.8) is 0 Å². The van der Waals surface area contributed by atoms with Gasteiger partial charge in [-0.1, -0.05) is 0 Å². The summed E-state index contributed by atoms with van der Waals surface area (Å²) in [5.41, 5.74) is 3.00. The Morgan fingerprint density at radius 1 is 1.48 bits per heavy atom. The molecule has 2 heterocycles. The lowest BCUT2D eigenvalue weighted by molar-refractivity contribution is -0.135. The first-order chi connectivity index (χ1) is 12.1. The van der Waals surface area contributed by atoms with Gasteiger partial charge in [0.1, 0.15) is 12.4 Å². The lowest BCUT2D eigenvalue weighted by atomic mass is 9.98. The fourth-order valence-corrected chi connectivity index (χ4v) is 3.12. The van der Waals surface area contributed by atoms with Crippen molar-refractivity contribution in [1.82, 2.24) is 20.4 Å². The SMILES string of the molecule is Cc1n[nH]cc1-c1c[c]cc(OCCN(C)C(=O)[C@@H]2CCCNC2)c1. The number of likely N-dealkylation sites (N-methyl/N-ethyl adjacent to an activating group) is 1. The summed E-state index contributed by atoms with van der Waals surface area (Å²) in [6, 6.07) is 8.80. The van der Waals surface area contributed by atoms with Gasteiger partial charge >= 0.3 is 0 Å². The summed E-state index contributed by atoms with van der Waals surface area (Å²) >= 11 is 0. The summed E-state index contributed by atoms with van der Waals surface area (Å²) in [7, 11) is 1.84. The van der Waals surface area contributed by atoms with E-state index in [2.05, 4.69) is 21.6 Å². The number of aromatic amines is 1. The fourth-order valence-electron chi connectivity index (χ4n) is 3.12. The third kappa shape index (κ3) is 4.39. The van der Waals surface area contributed by atoms with Crippen LogP contribution >= 0.6 is 0 Å². The first-order valence-corrected chi connectivity index (χ1v) is 8.75. The molecule has 2 N–H and O–H groups in total. The lowest BCUT2D eigenvalue weighted by Gasteiger charge is -2.27. The minimum atomic E-state index is 0.0967. The van der Waals surface area contributed by atoms with Gasteiger partial charge in [0, 0.05) is 25.4 Å². The molecule has 6 nitrogen and oxygen atoms in total. The number of H-pyrrole nitrogens is 1. The van der Waals surface area contributed by atoms with Crippen molar-refractivity contribution in [2.24, 2.45) is 5.92 Å². The maximum absolute atomic E-state index is 12.4. The second-order valence-corrected chi connectivity index (χ2v) is 6.49. The molecule has 0 bridgehead atoms. The van der Waals surface area contributed by atoms with E-state index in [1.54, 1.807) is 4.90 Å². The zero-order chi connectivity index (χ0) is 17.6. The summed E-state index contributed by atoms with van der Waals surface area (Å²) in [6.07, 6.45) is 3.90. The number of carbonyl (C=O) groups is 1. The summed E-state index contributed by atoms with van der Waals surface area (Å²) in [5, 5.41) is 10.3. The Bertz CT molecular complexity index is 707. The second-order valence-electron chi connectivity index (χ2n) is 6.49. The summed E-state index contributed by atoms with van der Waals surface area (Å²) in [5.74, 6) is 1.04. The molecule has 133 valence electrons. The molecule has 1 aromatic heterocycles. The van der Waals surface area contributed by atoms with E-state index in [-0.39, 0.29) is 11.8 Å². The van der Waals surface area contributed by atoms with Crippen LogP contribution in [0.4, 0.5) is 0 Å². The van der Waals surface area contributed by atoms with Gasteiger partial charge in [-0.25, -0.2) is 0 Å². The van der Waals surface area contributed by atoms with Gasteiger partial charge in [0.25, 0.3) is 0 Å². The Balaban J connectivity index is 1.52. The van der Waals surface area contributed by atoms with E-state index in [1.165, 1.54) is 0 Å². The van der Waals surface area contributed by atoms with Crippen LogP contribution in [-0.2, 0) is 4.79 Å². The number of amides is 1. The van der Waals surface area contributed by atoms with Crippen molar-refractivity contribution in [3.8, 4) is 16.9 Å². The number of aromatic nitrogens is 2. The number of ether oxygens (including phenoxy) is 1. The average molecular weight is 341 g/mol. The highest BCUT2D eigenvalue weighted by Crippen LogP contribution is 2.25. The molecule has 3 rings (SSSR count). The van der Waals surface area contributed by atoms with E-state index < -0.39 is 0 Å². The minimum Gasteiger partial charge on any atom is -0.492 e. The Morgan fingerprint density at radius 2 is 2.36 bits per heavy atom. The van der Waals surface area contributed by atoms with E-state index in [1.807, 2.05) is 38.4 Å². The van der Waals surface area contributed by atoms with E-state index in [4.69, 9.17) is 4.74 Å². The third-order valence-electron chi connectivity index (χ3n) is 4.62. The van der Waals surface area contributed by atoms with Crippen molar-refractivity contribution in [2.45, 2.75) is 19.8 Å². The van der Waals surface area contributed by atoms with Crippen molar-refractivity contribution < 1.29 is 9.53 Å². The number of benzene rings is 1. The van der Waals surface area contributed by atoms with Crippen molar-refractivity contribution in [1.29, 1.82) is 0 Å². The van der Waals surface area contributed by atoms with Crippen LogP contribution in [0.3, 0.4) is 0 Å². The van der Waals surface area contributed by atoms with E-state index in [0.717, 1.165) is 48.5 Å². The molecule has 25 heavy (non-hydrogen) atoms. The number of nitrogens with one attached hydrogen (secondary N) is 2. The van der Waals surface area contributed by atoms with Crippen molar-refractivity contribution >= 4 is 5.91 Å². The van der Waals surface area contributed by atoms with Crippen LogP contribution in [0.5, 0.6) is 5.75 Å². The summed E-state index contributed by atoms with van der Waals surface area (Å²) < 4.78 is 5.82. The molecule has 1 amide bonds. The zero-order valence-corrected chi connectivity index (χ0v) is 14.8. The van der Waals surface area contributed by atoms with Gasteiger partial charge in [-0.2, -0.15) is 5.10 Å².